The molecular formula is C17H27IN4O. The van der Waals surface area contributed by atoms with Crippen molar-refractivity contribution >= 4 is 35.8 Å². The summed E-state index contributed by atoms with van der Waals surface area (Å²) in [7, 11) is 0. The molecule has 1 saturated heterocycles. The second-order valence-electron chi connectivity index (χ2n) is 6.21. The first-order valence-corrected chi connectivity index (χ1v) is 7.94. The maximum absolute atomic E-state index is 11.6. The Bertz CT molecular complexity index is 528. The summed E-state index contributed by atoms with van der Waals surface area (Å²) in [6.45, 7) is 7.25. The van der Waals surface area contributed by atoms with Crippen molar-refractivity contribution in [3.63, 3.8) is 0 Å². The lowest BCUT2D eigenvalue weighted by molar-refractivity contribution is -0.128. The number of nitrogens with zero attached hydrogens (tertiary/aromatic N) is 2. The number of benzene rings is 1. The van der Waals surface area contributed by atoms with Crippen molar-refractivity contribution in [3.05, 3.63) is 35.4 Å². The molecule has 0 atom stereocenters. The van der Waals surface area contributed by atoms with Crippen molar-refractivity contribution in [1.29, 1.82) is 0 Å². The van der Waals surface area contributed by atoms with E-state index in [1.807, 2.05) is 4.90 Å². The molecule has 0 unspecified atom stereocenters. The summed E-state index contributed by atoms with van der Waals surface area (Å²) in [4.78, 5) is 17.9. The monoisotopic (exact) mass is 430 g/mol. The lowest BCUT2D eigenvalue weighted by atomic mass is 10.1. The molecule has 2 rings (SSSR count). The van der Waals surface area contributed by atoms with E-state index in [1.54, 1.807) is 0 Å². The summed E-state index contributed by atoms with van der Waals surface area (Å²) < 4.78 is 0. The third kappa shape index (κ3) is 6.76. The zero-order chi connectivity index (χ0) is 15.9. The van der Waals surface area contributed by atoms with E-state index in [0.717, 1.165) is 30.6 Å². The van der Waals surface area contributed by atoms with Crippen LogP contribution in [0.1, 0.15) is 37.8 Å². The molecular weight excluding hydrogens is 403 g/mol. The van der Waals surface area contributed by atoms with Gasteiger partial charge in [-0.15, -0.1) is 24.0 Å². The van der Waals surface area contributed by atoms with Crippen LogP contribution in [0.2, 0.25) is 0 Å². The molecule has 0 spiro atoms. The summed E-state index contributed by atoms with van der Waals surface area (Å²) >= 11 is 0. The fourth-order valence-corrected chi connectivity index (χ4v) is 2.38. The topological polar surface area (TPSA) is 70.7 Å². The quantitative estimate of drug-likeness (QED) is 0.414. The largest absolute Gasteiger partial charge is 0.370 e. The molecule has 5 nitrogen and oxygen atoms in total. The Balaban J connectivity index is 0.00000264. The molecule has 23 heavy (non-hydrogen) atoms. The molecule has 0 radical (unpaired) electrons. The highest BCUT2D eigenvalue weighted by Gasteiger charge is 2.19. The second kappa shape index (κ2) is 9.75. The van der Waals surface area contributed by atoms with Crippen LogP contribution in [0.3, 0.4) is 0 Å². The number of nitrogens with two attached hydrogens (primary N) is 1. The number of nitrogens with one attached hydrogen (secondary N) is 1. The Morgan fingerprint density at radius 1 is 1.30 bits per heavy atom. The van der Waals surface area contributed by atoms with E-state index >= 15 is 0 Å². The van der Waals surface area contributed by atoms with Crippen molar-refractivity contribution in [3.8, 4) is 0 Å². The second-order valence-corrected chi connectivity index (χ2v) is 6.21. The van der Waals surface area contributed by atoms with Gasteiger partial charge in [0.25, 0.3) is 0 Å². The number of carbonyl (C=O) groups excluding carboxylic acids is 1. The molecule has 1 amide bonds. The van der Waals surface area contributed by atoms with Crippen molar-refractivity contribution in [2.75, 3.05) is 13.1 Å². The van der Waals surface area contributed by atoms with E-state index in [9.17, 15) is 4.79 Å². The van der Waals surface area contributed by atoms with Crippen LogP contribution in [0.5, 0.6) is 0 Å². The minimum absolute atomic E-state index is 0. The van der Waals surface area contributed by atoms with Crippen LogP contribution in [0, 0.1) is 5.92 Å². The van der Waals surface area contributed by atoms with Gasteiger partial charge in [0, 0.05) is 26.1 Å². The minimum Gasteiger partial charge on any atom is -0.370 e. The number of aliphatic imine (C=N–C) groups is 1. The van der Waals surface area contributed by atoms with Crippen molar-refractivity contribution < 1.29 is 4.79 Å². The summed E-state index contributed by atoms with van der Waals surface area (Å²) in [5.74, 6) is 1.29. The lowest BCUT2D eigenvalue weighted by Gasteiger charge is -2.15. The van der Waals surface area contributed by atoms with Gasteiger partial charge in [-0.1, -0.05) is 38.1 Å². The fourth-order valence-electron chi connectivity index (χ4n) is 2.38. The number of hydrogen-bond donors (Lipinski definition) is 2. The number of rotatable bonds is 6. The molecule has 1 heterocycles. The molecule has 1 aromatic carbocycles. The predicted octanol–water partition coefficient (Wildman–Crippen LogP) is 2.49. The van der Waals surface area contributed by atoms with Crippen LogP contribution in [-0.4, -0.2) is 29.9 Å². The standard InChI is InChI=1S/C17H26N4O.HI/c1-13(2)10-19-17(18)20-11-14-5-7-15(8-6-14)12-21-9-3-4-16(21)22;/h5-8,13H,3-4,9-12H2,1-2H3,(H3,18,19,20);1H. The van der Waals surface area contributed by atoms with E-state index in [1.165, 1.54) is 0 Å². The molecule has 128 valence electrons. The number of amides is 1. The van der Waals surface area contributed by atoms with Crippen LogP contribution in [-0.2, 0) is 17.9 Å². The molecule has 0 saturated carbocycles. The van der Waals surface area contributed by atoms with E-state index in [0.29, 0.717) is 31.4 Å². The Labute approximate surface area is 155 Å². The van der Waals surface area contributed by atoms with Crippen molar-refractivity contribution in [2.45, 2.75) is 39.8 Å². The van der Waals surface area contributed by atoms with Crippen LogP contribution >= 0.6 is 24.0 Å². The highest BCUT2D eigenvalue weighted by molar-refractivity contribution is 14.0. The predicted molar refractivity (Wildman–Crippen MR) is 105 cm³/mol. The zero-order valence-electron chi connectivity index (χ0n) is 13.9. The van der Waals surface area contributed by atoms with Gasteiger partial charge in [-0.25, -0.2) is 4.99 Å². The van der Waals surface area contributed by atoms with Crippen molar-refractivity contribution in [1.82, 2.24) is 10.2 Å². The fraction of sp³-hybridized carbons (Fsp3) is 0.529. The molecule has 1 aromatic rings. The number of guanidine groups is 1. The number of halogens is 1. The molecule has 0 aromatic heterocycles. The first-order chi connectivity index (χ1) is 10.5. The smallest absolute Gasteiger partial charge is 0.222 e. The average Bonchev–Trinajstić information content (AvgIpc) is 2.89. The maximum Gasteiger partial charge on any atom is 0.222 e. The number of likely N-dealkylation sites (tertiary alicyclic amines) is 1. The van der Waals surface area contributed by atoms with E-state index in [4.69, 9.17) is 5.73 Å². The zero-order valence-corrected chi connectivity index (χ0v) is 16.2. The summed E-state index contributed by atoms with van der Waals surface area (Å²) in [5, 5.41) is 3.10. The highest BCUT2D eigenvalue weighted by atomic mass is 127. The molecule has 0 aliphatic carbocycles. The molecule has 1 aliphatic heterocycles. The summed E-state index contributed by atoms with van der Waals surface area (Å²) in [5.41, 5.74) is 8.10. The Morgan fingerprint density at radius 3 is 2.52 bits per heavy atom. The summed E-state index contributed by atoms with van der Waals surface area (Å²) in [6.07, 6.45) is 1.67. The number of hydrogen-bond acceptors (Lipinski definition) is 2. The lowest BCUT2D eigenvalue weighted by Crippen LogP contribution is -2.34. The normalized spacial score (nSPS) is 15.0. The molecule has 1 fully saturated rings. The average molecular weight is 430 g/mol. The third-order valence-electron chi connectivity index (χ3n) is 3.69. The SMILES string of the molecule is CC(C)CNC(N)=NCc1ccc(CN2CCCC2=O)cc1.I. The van der Waals surface area contributed by atoms with E-state index < -0.39 is 0 Å². The van der Waals surface area contributed by atoms with Gasteiger partial charge >= 0.3 is 0 Å². The Hall–Kier alpha value is -1.31. The summed E-state index contributed by atoms with van der Waals surface area (Å²) in [6, 6.07) is 8.23. The van der Waals surface area contributed by atoms with E-state index in [-0.39, 0.29) is 29.9 Å². The van der Waals surface area contributed by atoms with Gasteiger partial charge in [-0.2, -0.15) is 0 Å². The first kappa shape index (κ1) is 19.7. The van der Waals surface area contributed by atoms with Gasteiger partial charge in [-0.05, 0) is 23.5 Å². The van der Waals surface area contributed by atoms with Crippen LogP contribution in [0.15, 0.2) is 29.3 Å². The van der Waals surface area contributed by atoms with Crippen LogP contribution < -0.4 is 11.1 Å². The van der Waals surface area contributed by atoms with Gasteiger partial charge in [-0.3, -0.25) is 4.79 Å². The maximum atomic E-state index is 11.6. The van der Waals surface area contributed by atoms with Crippen molar-refractivity contribution in [2.24, 2.45) is 16.6 Å². The van der Waals surface area contributed by atoms with E-state index in [2.05, 4.69) is 48.4 Å². The van der Waals surface area contributed by atoms with Gasteiger partial charge in [0.2, 0.25) is 5.91 Å². The molecule has 1 aliphatic rings. The van der Waals surface area contributed by atoms with Gasteiger partial charge in [0.1, 0.15) is 0 Å². The van der Waals surface area contributed by atoms with Gasteiger partial charge in [0.05, 0.1) is 6.54 Å². The van der Waals surface area contributed by atoms with Gasteiger partial charge in [0.15, 0.2) is 5.96 Å². The minimum atomic E-state index is 0. The molecule has 3 N–H and O–H groups in total. The van der Waals surface area contributed by atoms with Crippen LogP contribution in [0.4, 0.5) is 0 Å². The Kier molecular flexibility index (Phi) is 8.36. The number of carbonyl (C=O) groups is 1. The van der Waals surface area contributed by atoms with Gasteiger partial charge < -0.3 is 16.0 Å². The van der Waals surface area contributed by atoms with Crippen LogP contribution in [0.25, 0.3) is 0 Å². The Morgan fingerprint density at radius 2 is 1.96 bits per heavy atom. The third-order valence-corrected chi connectivity index (χ3v) is 3.69. The first-order valence-electron chi connectivity index (χ1n) is 7.94. The highest BCUT2D eigenvalue weighted by Crippen LogP contribution is 2.15. The molecule has 0 bridgehead atoms. The molecule has 6 heteroatoms.